The van der Waals surface area contributed by atoms with E-state index >= 15 is 0 Å². The fourth-order valence-electron chi connectivity index (χ4n) is 4.35. The van der Waals surface area contributed by atoms with Crippen molar-refractivity contribution in [2.75, 3.05) is 25.0 Å². The van der Waals surface area contributed by atoms with Gasteiger partial charge >= 0.3 is 0 Å². The molecule has 0 spiro atoms. The first-order valence-corrected chi connectivity index (χ1v) is 11.3. The Kier molecular flexibility index (Phi) is 6.89. The minimum absolute atomic E-state index is 0.118. The summed E-state index contributed by atoms with van der Waals surface area (Å²) in [6.45, 7) is 8.44. The van der Waals surface area contributed by atoms with Gasteiger partial charge in [0, 0.05) is 30.5 Å². The summed E-state index contributed by atoms with van der Waals surface area (Å²) in [4.78, 5) is 21.4. The molecule has 1 fully saturated rings. The van der Waals surface area contributed by atoms with Crippen molar-refractivity contribution in [3.63, 3.8) is 0 Å². The van der Waals surface area contributed by atoms with Gasteiger partial charge in [0.15, 0.2) is 0 Å². The highest BCUT2D eigenvalue weighted by atomic mass is 19.1. The SMILES string of the molecule is C=C(/N=C(\N)C1CCCN(CCc2ccc(C)cc2F)C1)Nc1cccc2ccc(=O)[nH]c12. The summed E-state index contributed by atoms with van der Waals surface area (Å²) in [6, 6.07) is 14.4. The second kappa shape index (κ2) is 10.0. The lowest BCUT2D eigenvalue weighted by molar-refractivity contribution is 0.205. The van der Waals surface area contributed by atoms with Crippen LogP contribution in [0.1, 0.15) is 24.0 Å². The highest BCUT2D eigenvalue weighted by Crippen LogP contribution is 2.22. The monoisotopic (exact) mass is 447 g/mol. The molecule has 0 bridgehead atoms. The zero-order chi connectivity index (χ0) is 23.4. The number of nitrogens with two attached hydrogens (primary N) is 1. The van der Waals surface area contributed by atoms with E-state index in [0.717, 1.165) is 54.7 Å². The van der Waals surface area contributed by atoms with Crippen molar-refractivity contribution >= 4 is 22.4 Å². The van der Waals surface area contributed by atoms with Crippen LogP contribution in [0.3, 0.4) is 0 Å². The fraction of sp³-hybridized carbons (Fsp3) is 0.308. The summed E-state index contributed by atoms with van der Waals surface area (Å²) in [5.41, 5.74) is 9.28. The maximum atomic E-state index is 14.2. The third kappa shape index (κ3) is 5.68. The predicted molar refractivity (Wildman–Crippen MR) is 133 cm³/mol. The van der Waals surface area contributed by atoms with Gasteiger partial charge in [0.25, 0.3) is 0 Å². The lowest BCUT2D eigenvalue weighted by Crippen LogP contribution is -2.42. The Morgan fingerprint density at radius 3 is 2.97 bits per heavy atom. The van der Waals surface area contributed by atoms with Crippen molar-refractivity contribution in [2.45, 2.75) is 26.2 Å². The van der Waals surface area contributed by atoms with Gasteiger partial charge in [0.2, 0.25) is 5.56 Å². The summed E-state index contributed by atoms with van der Waals surface area (Å²) in [5.74, 6) is 0.935. The first-order valence-electron chi connectivity index (χ1n) is 11.3. The summed E-state index contributed by atoms with van der Waals surface area (Å²) in [6.07, 6.45) is 2.64. The van der Waals surface area contributed by atoms with Crippen LogP contribution in [0.2, 0.25) is 0 Å². The number of fused-ring (bicyclic) bond motifs is 1. The maximum Gasteiger partial charge on any atom is 0.248 e. The molecule has 2 aromatic carbocycles. The standard InChI is InChI=1S/C26H30FN5O/c1-17-8-9-19(22(27)15-17)12-14-32-13-4-6-21(16-32)26(28)30-18(2)29-23-7-3-5-20-10-11-24(33)31-25(20)23/h3,5,7-11,15,21,29H,2,4,6,12-14,16H2,1H3,(H2,28,30)(H,31,33). The van der Waals surface area contributed by atoms with Crippen LogP contribution in [-0.4, -0.2) is 35.4 Å². The van der Waals surface area contributed by atoms with Gasteiger partial charge in [-0.2, -0.15) is 0 Å². The number of benzene rings is 2. The van der Waals surface area contributed by atoms with Crippen molar-refractivity contribution in [1.29, 1.82) is 0 Å². The molecule has 1 unspecified atom stereocenters. The van der Waals surface area contributed by atoms with E-state index in [4.69, 9.17) is 5.73 Å². The van der Waals surface area contributed by atoms with Gasteiger partial charge in [-0.25, -0.2) is 9.38 Å². The van der Waals surface area contributed by atoms with Crippen LogP contribution in [0.5, 0.6) is 0 Å². The molecule has 0 radical (unpaired) electrons. The number of nitrogens with zero attached hydrogens (tertiary/aromatic N) is 2. The topological polar surface area (TPSA) is 86.5 Å². The molecule has 1 aliphatic rings. The largest absolute Gasteiger partial charge is 0.387 e. The molecule has 6 nitrogen and oxygen atoms in total. The number of anilines is 1. The number of aromatic amines is 1. The van der Waals surface area contributed by atoms with Gasteiger partial charge in [0.1, 0.15) is 17.5 Å². The highest BCUT2D eigenvalue weighted by molar-refractivity contribution is 5.91. The van der Waals surface area contributed by atoms with E-state index in [0.29, 0.717) is 23.6 Å². The number of aliphatic imine (C=N–C) groups is 1. The number of hydrogen-bond donors (Lipinski definition) is 3. The molecule has 4 N–H and O–H groups in total. The predicted octanol–water partition coefficient (Wildman–Crippen LogP) is 4.17. The highest BCUT2D eigenvalue weighted by Gasteiger charge is 2.23. The summed E-state index contributed by atoms with van der Waals surface area (Å²) < 4.78 is 14.2. The first-order chi connectivity index (χ1) is 15.9. The quantitative estimate of drug-likeness (QED) is 0.375. The van der Waals surface area contributed by atoms with E-state index < -0.39 is 0 Å². The number of para-hydroxylation sites is 1. The molecule has 0 aliphatic carbocycles. The lowest BCUT2D eigenvalue weighted by atomic mass is 9.96. The second-order valence-corrected chi connectivity index (χ2v) is 8.69. The van der Waals surface area contributed by atoms with E-state index in [1.165, 1.54) is 6.07 Å². The molecular formula is C26H30FN5O. The maximum absolute atomic E-state index is 14.2. The number of aryl methyl sites for hydroxylation is 1. The van der Waals surface area contributed by atoms with Gasteiger partial charge in [0.05, 0.1) is 11.2 Å². The van der Waals surface area contributed by atoms with Crippen molar-refractivity contribution in [3.8, 4) is 0 Å². The van der Waals surface area contributed by atoms with E-state index in [1.54, 1.807) is 12.1 Å². The first kappa shape index (κ1) is 22.7. The molecule has 2 heterocycles. The van der Waals surface area contributed by atoms with Gasteiger partial charge in [-0.1, -0.05) is 30.8 Å². The van der Waals surface area contributed by atoms with Crippen LogP contribution in [0.15, 0.2) is 70.7 Å². The Balaban J connectivity index is 1.38. The zero-order valence-corrected chi connectivity index (χ0v) is 18.9. The van der Waals surface area contributed by atoms with E-state index in [2.05, 4.69) is 26.8 Å². The number of pyridine rings is 1. The number of amidine groups is 1. The summed E-state index contributed by atoms with van der Waals surface area (Å²) in [7, 11) is 0. The Hall–Kier alpha value is -3.45. The van der Waals surface area contributed by atoms with E-state index in [9.17, 15) is 9.18 Å². The summed E-state index contributed by atoms with van der Waals surface area (Å²) >= 11 is 0. The van der Waals surface area contributed by atoms with Crippen LogP contribution in [0.4, 0.5) is 10.1 Å². The minimum Gasteiger partial charge on any atom is -0.387 e. The Bertz CT molecular complexity index is 1250. The number of aromatic nitrogens is 1. The van der Waals surface area contributed by atoms with Gasteiger partial charge in [-0.05, 0) is 62.1 Å². The van der Waals surface area contributed by atoms with Crippen LogP contribution in [0.25, 0.3) is 10.9 Å². The van der Waals surface area contributed by atoms with E-state index in [1.807, 2.05) is 37.3 Å². The molecule has 1 aliphatic heterocycles. The van der Waals surface area contributed by atoms with Crippen LogP contribution in [0, 0.1) is 18.7 Å². The number of halogens is 1. The van der Waals surface area contributed by atoms with Gasteiger partial charge in [-0.15, -0.1) is 0 Å². The molecule has 1 aromatic heterocycles. The second-order valence-electron chi connectivity index (χ2n) is 8.69. The third-order valence-electron chi connectivity index (χ3n) is 6.13. The molecule has 1 atom stereocenters. The Labute approximate surface area is 193 Å². The van der Waals surface area contributed by atoms with Gasteiger partial charge < -0.3 is 20.9 Å². The van der Waals surface area contributed by atoms with Crippen molar-refractivity contribution in [3.05, 3.63) is 88.2 Å². The molecule has 172 valence electrons. The number of H-pyrrole nitrogens is 1. The normalized spacial score (nSPS) is 17.3. The van der Waals surface area contributed by atoms with Crippen molar-refractivity contribution in [1.82, 2.24) is 9.88 Å². The molecule has 0 saturated carbocycles. The number of likely N-dealkylation sites (tertiary alicyclic amines) is 1. The fourth-order valence-corrected chi connectivity index (χ4v) is 4.35. The number of piperidine rings is 1. The van der Waals surface area contributed by atoms with Crippen molar-refractivity contribution in [2.24, 2.45) is 16.6 Å². The van der Waals surface area contributed by atoms with Crippen LogP contribution in [-0.2, 0) is 6.42 Å². The Morgan fingerprint density at radius 1 is 1.30 bits per heavy atom. The van der Waals surface area contributed by atoms with Gasteiger partial charge in [-0.3, -0.25) is 4.79 Å². The smallest absolute Gasteiger partial charge is 0.248 e. The van der Waals surface area contributed by atoms with E-state index in [-0.39, 0.29) is 17.3 Å². The minimum atomic E-state index is -0.168. The lowest BCUT2D eigenvalue weighted by Gasteiger charge is -2.32. The summed E-state index contributed by atoms with van der Waals surface area (Å²) in [5, 5.41) is 4.08. The molecule has 7 heteroatoms. The Morgan fingerprint density at radius 2 is 2.15 bits per heavy atom. The number of hydrogen-bond acceptors (Lipinski definition) is 4. The molecule has 4 rings (SSSR count). The third-order valence-corrected chi connectivity index (χ3v) is 6.13. The molecule has 1 saturated heterocycles. The molecular weight excluding hydrogens is 417 g/mol. The molecule has 0 amide bonds. The van der Waals surface area contributed by atoms with Crippen molar-refractivity contribution < 1.29 is 4.39 Å². The zero-order valence-electron chi connectivity index (χ0n) is 18.9. The van der Waals surface area contributed by atoms with Crippen LogP contribution >= 0.6 is 0 Å². The molecule has 3 aromatic rings. The molecule has 33 heavy (non-hydrogen) atoms. The van der Waals surface area contributed by atoms with Crippen LogP contribution < -0.4 is 16.6 Å². The average molecular weight is 448 g/mol. The average Bonchev–Trinajstić information content (AvgIpc) is 2.79. The number of nitrogens with one attached hydrogen (secondary N) is 2. The number of rotatable bonds is 7.